The molecule has 2 aromatic carbocycles. The van der Waals surface area contributed by atoms with Gasteiger partial charge in [0.25, 0.3) is 0 Å². The van der Waals surface area contributed by atoms with Gasteiger partial charge in [-0.25, -0.2) is 4.39 Å². The number of anilines is 1. The van der Waals surface area contributed by atoms with Crippen molar-refractivity contribution < 1.29 is 13.9 Å². The first kappa shape index (κ1) is 17.6. The molecule has 0 saturated carbocycles. The van der Waals surface area contributed by atoms with Crippen molar-refractivity contribution in [3.05, 3.63) is 66.0 Å². The minimum atomic E-state index is -0.384. The highest BCUT2D eigenvalue weighted by molar-refractivity contribution is 7.80. The van der Waals surface area contributed by atoms with Gasteiger partial charge in [-0.15, -0.1) is 0 Å². The van der Waals surface area contributed by atoms with Crippen molar-refractivity contribution in [1.29, 1.82) is 0 Å². The van der Waals surface area contributed by atoms with Crippen LogP contribution in [0.4, 0.5) is 10.1 Å². The van der Waals surface area contributed by atoms with Crippen molar-refractivity contribution >= 4 is 35.0 Å². The summed E-state index contributed by atoms with van der Waals surface area (Å²) in [7, 11) is 0. The first-order chi connectivity index (χ1) is 11.6. The number of rotatable bonds is 5. The number of carbonyl (C=O) groups excluding carboxylic acids is 1. The Morgan fingerprint density at radius 2 is 1.92 bits per heavy atom. The normalized spacial score (nSPS) is 10.4. The molecule has 2 rings (SSSR count). The summed E-state index contributed by atoms with van der Waals surface area (Å²) in [5.74, 6) is -0.0564. The molecule has 0 saturated heterocycles. The summed E-state index contributed by atoms with van der Waals surface area (Å²) in [4.78, 5) is 11.9. The van der Waals surface area contributed by atoms with Crippen molar-refractivity contribution in [2.45, 2.75) is 6.92 Å². The van der Waals surface area contributed by atoms with Crippen LogP contribution in [-0.2, 0) is 4.79 Å². The maximum atomic E-state index is 12.8. The minimum Gasteiger partial charge on any atom is -0.492 e. The standard InChI is InChI=1S/C18H17FN2O2S/c1-2-23-16-6-4-3-5-15(16)20-18(24)21-17(22)12-9-13-7-10-14(19)11-8-13/h3-12H,2H2,1H3,(H2,20,21,22,24)/b12-9-. The van der Waals surface area contributed by atoms with Crippen LogP contribution in [0.5, 0.6) is 5.75 Å². The van der Waals surface area contributed by atoms with E-state index in [1.165, 1.54) is 18.2 Å². The van der Waals surface area contributed by atoms with E-state index >= 15 is 0 Å². The number of para-hydroxylation sites is 2. The lowest BCUT2D eigenvalue weighted by Crippen LogP contribution is -2.32. The second-order valence-electron chi connectivity index (χ2n) is 4.76. The molecule has 4 nitrogen and oxygen atoms in total. The summed E-state index contributed by atoms with van der Waals surface area (Å²) in [6, 6.07) is 13.1. The summed E-state index contributed by atoms with van der Waals surface area (Å²) in [5, 5.41) is 5.63. The van der Waals surface area contributed by atoms with Gasteiger partial charge in [0.1, 0.15) is 11.6 Å². The SMILES string of the molecule is CCOc1ccccc1NC(=S)NC(=O)/C=C\c1ccc(F)cc1. The molecular weight excluding hydrogens is 327 g/mol. The zero-order valence-corrected chi connectivity index (χ0v) is 13.9. The molecule has 2 N–H and O–H groups in total. The third kappa shape index (κ3) is 5.48. The lowest BCUT2D eigenvalue weighted by Gasteiger charge is -2.12. The van der Waals surface area contributed by atoms with Gasteiger partial charge in [0.2, 0.25) is 5.91 Å². The Hall–Kier alpha value is -2.73. The van der Waals surface area contributed by atoms with Crippen molar-refractivity contribution in [1.82, 2.24) is 5.32 Å². The smallest absolute Gasteiger partial charge is 0.250 e. The van der Waals surface area contributed by atoms with E-state index < -0.39 is 0 Å². The average Bonchev–Trinajstić information content (AvgIpc) is 2.56. The Balaban J connectivity index is 1.92. The van der Waals surface area contributed by atoms with E-state index in [4.69, 9.17) is 17.0 Å². The van der Waals surface area contributed by atoms with Crippen LogP contribution >= 0.6 is 12.2 Å². The fourth-order valence-electron chi connectivity index (χ4n) is 1.90. The van der Waals surface area contributed by atoms with E-state index in [0.717, 1.165) is 0 Å². The summed E-state index contributed by atoms with van der Waals surface area (Å²) in [6.45, 7) is 2.41. The van der Waals surface area contributed by atoms with Gasteiger partial charge < -0.3 is 10.1 Å². The van der Waals surface area contributed by atoms with Crippen LogP contribution in [0.1, 0.15) is 12.5 Å². The molecule has 0 aliphatic rings. The molecule has 0 atom stereocenters. The van der Waals surface area contributed by atoms with Gasteiger partial charge in [-0.05, 0) is 55.0 Å². The Morgan fingerprint density at radius 1 is 1.21 bits per heavy atom. The first-order valence-corrected chi connectivity index (χ1v) is 7.76. The molecule has 0 unspecified atom stereocenters. The van der Waals surface area contributed by atoms with Crippen LogP contribution in [0.15, 0.2) is 54.6 Å². The van der Waals surface area contributed by atoms with Gasteiger partial charge in [0.05, 0.1) is 12.3 Å². The maximum absolute atomic E-state index is 12.8. The molecule has 0 aliphatic carbocycles. The van der Waals surface area contributed by atoms with Gasteiger partial charge in [-0.3, -0.25) is 10.1 Å². The number of thiocarbonyl (C=S) groups is 1. The number of amides is 1. The minimum absolute atomic E-state index is 0.163. The lowest BCUT2D eigenvalue weighted by molar-refractivity contribution is -0.115. The molecule has 0 fully saturated rings. The number of benzene rings is 2. The fraction of sp³-hybridized carbons (Fsp3) is 0.111. The molecule has 1 amide bonds. The number of hydrogen-bond donors (Lipinski definition) is 2. The van der Waals surface area contributed by atoms with Crippen LogP contribution in [-0.4, -0.2) is 17.6 Å². The molecule has 0 spiro atoms. The van der Waals surface area contributed by atoms with E-state index in [2.05, 4.69) is 10.6 Å². The highest BCUT2D eigenvalue weighted by atomic mass is 32.1. The largest absolute Gasteiger partial charge is 0.492 e. The summed E-state index contributed by atoms with van der Waals surface area (Å²) in [5.41, 5.74) is 1.39. The van der Waals surface area contributed by atoms with E-state index in [0.29, 0.717) is 23.6 Å². The predicted molar refractivity (Wildman–Crippen MR) is 97.4 cm³/mol. The molecule has 0 bridgehead atoms. The van der Waals surface area contributed by atoms with Gasteiger partial charge >= 0.3 is 0 Å². The highest BCUT2D eigenvalue weighted by Crippen LogP contribution is 2.23. The van der Waals surface area contributed by atoms with Crippen LogP contribution in [0.25, 0.3) is 6.08 Å². The van der Waals surface area contributed by atoms with E-state index in [1.54, 1.807) is 24.3 Å². The quantitative estimate of drug-likeness (QED) is 0.641. The molecule has 24 heavy (non-hydrogen) atoms. The topological polar surface area (TPSA) is 50.4 Å². The number of ether oxygens (including phenoxy) is 1. The van der Waals surface area contributed by atoms with Crippen molar-refractivity contribution in [3.8, 4) is 5.75 Å². The van der Waals surface area contributed by atoms with Crippen LogP contribution < -0.4 is 15.4 Å². The first-order valence-electron chi connectivity index (χ1n) is 7.36. The van der Waals surface area contributed by atoms with Crippen LogP contribution in [0, 0.1) is 5.82 Å². The van der Waals surface area contributed by atoms with Gasteiger partial charge in [0.15, 0.2) is 5.11 Å². The molecule has 0 aromatic heterocycles. The summed E-state index contributed by atoms with van der Waals surface area (Å²) in [6.07, 6.45) is 2.90. The molecule has 6 heteroatoms. The van der Waals surface area contributed by atoms with Gasteiger partial charge in [0, 0.05) is 6.08 Å². The molecule has 0 radical (unpaired) electrons. The van der Waals surface area contributed by atoms with E-state index in [-0.39, 0.29) is 16.8 Å². The zero-order chi connectivity index (χ0) is 17.4. The Morgan fingerprint density at radius 3 is 2.62 bits per heavy atom. The zero-order valence-electron chi connectivity index (χ0n) is 13.1. The second-order valence-corrected chi connectivity index (χ2v) is 5.17. The number of halogens is 1. The lowest BCUT2D eigenvalue weighted by atomic mass is 10.2. The number of nitrogens with one attached hydrogen (secondary N) is 2. The average molecular weight is 344 g/mol. The van der Waals surface area contributed by atoms with Crippen LogP contribution in [0.3, 0.4) is 0 Å². The fourth-order valence-corrected chi connectivity index (χ4v) is 2.11. The molecule has 0 heterocycles. The number of carbonyl (C=O) groups is 1. The highest BCUT2D eigenvalue weighted by Gasteiger charge is 2.06. The van der Waals surface area contributed by atoms with E-state index in [9.17, 15) is 9.18 Å². The Kier molecular flexibility index (Phi) is 6.45. The van der Waals surface area contributed by atoms with Gasteiger partial charge in [-0.2, -0.15) is 0 Å². The maximum Gasteiger partial charge on any atom is 0.250 e. The Bertz CT molecular complexity index is 745. The third-order valence-corrected chi connectivity index (χ3v) is 3.17. The molecule has 124 valence electrons. The Labute approximate surface area is 145 Å². The number of hydrogen-bond acceptors (Lipinski definition) is 3. The molecule has 0 aliphatic heterocycles. The van der Waals surface area contributed by atoms with Crippen molar-refractivity contribution in [2.75, 3.05) is 11.9 Å². The third-order valence-electron chi connectivity index (χ3n) is 2.97. The van der Waals surface area contributed by atoms with Crippen LogP contribution in [0.2, 0.25) is 0 Å². The van der Waals surface area contributed by atoms with Crippen molar-refractivity contribution in [3.63, 3.8) is 0 Å². The molecule has 2 aromatic rings. The summed E-state index contributed by atoms with van der Waals surface area (Å²) >= 11 is 5.12. The monoisotopic (exact) mass is 344 g/mol. The second kappa shape index (κ2) is 8.79. The van der Waals surface area contributed by atoms with Gasteiger partial charge in [-0.1, -0.05) is 24.3 Å². The molecular formula is C18H17FN2O2S. The summed E-state index contributed by atoms with van der Waals surface area (Å²) < 4.78 is 18.3. The predicted octanol–water partition coefficient (Wildman–Crippen LogP) is 3.75. The van der Waals surface area contributed by atoms with Crippen molar-refractivity contribution in [2.24, 2.45) is 0 Å². The van der Waals surface area contributed by atoms with E-state index in [1.807, 2.05) is 25.1 Å².